The first-order valence-electron chi connectivity index (χ1n) is 3.96. The van der Waals surface area contributed by atoms with E-state index in [1.54, 1.807) is 6.08 Å². The molecule has 0 saturated carbocycles. The summed E-state index contributed by atoms with van der Waals surface area (Å²) in [5.74, 6) is 0. The maximum Gasteiger partial charge on any atom is 0.168 e. The van der Waals surface area contributed by atoms with Crippen LogP contribution in [0.4, 0.5) is 0 Å². The Kier molecular flexibility index (Phi) is 5.80. The van der Waals surface area contributed by atoms with Gasteiger partial charge in [0.25, 0.3) is 0 Å². The minimum Gasteiger partial charge on any atom is -0.348 e. The molecule has 12 heavy (non-hydrogen) atoms. The first kappa shape index (κ1) is 12.1. The topological polar surface area (TPSA) is 18.5 Å². The minimum absolute atomic E-state index is 0.167. The lowest BCUT2D eigenvalue weighted by Crippen LogP contribution is -2.30. The van der Waals surface area contributed by atoms with Crippen LogP contribution in [0, 0.1) is 0 Å². The van der Waals surface area contributed by atoms with Gasteiger partial charge in [-0.05, 0) is 20.8 Å². The van der Waals surface area contributed by atoms with E-state index >= 15 is 0 Å². The zero-order valence-electron chi connectivity index (χ0n) is 7.97. The number of alkyl halides is 1. The molecular formula is C9H17BrO2. The molecule has 0 aromatic rings. The highest BCUT2D eigenvalue weighted by Gasteiger charge is 2.17. The predicted octanol–water partition coefficient (Wildman–Crippen LogP) is 2.73. The molecule has 0 aromatic heterocycles. The van der Waals surface area contributed by atoms with Crippen LogP contribution in [0.2, 0.25) is 0 Å². The summed E-state index contributed by atoms with van der Waals surface area (Å²) >= 11 is 3.31. The quantitative estimate of drug-likeness (QED) is 0.416. The second-order valence-corrected chi connectivity index (χ2v) is 4.08. The monoisotopic (exact) mass is 236 g/mol. The summed E-state index contributed by atoms with van der Waals surface area (Å²) < 4.78 is 10.9. The van der Waals surface area contributed by atoms with Gasteiger partial charge in [-0.15, -0.1) is 6.58 Å². The van der Waals surface area contributed by atoms with E-state index in [9.17, 15) is 0 Å². The molecule has 1 unspecified atom stereocenters. The number of halogens is 1. The van der Waals surface area contributed by atoms with Gasteiger partial charge in [0.1, 0.15) is 0 Å². The van der Waals surface area contributed by atoms with Crippen LogP contribution in [0.1, 0.15) is 20.8 Å². The van der Waals surface area contributed by atoms with Crippen LogP contribution in [0.15, 0.2) is 12.7 Å². The van der Waals surface area contributed by atoms with Gasteiger partial charge in [0.05, 0.1) is 17.5 Å². The Morgan fingerprint density at radius 1 is 1.50 bits per heavy atom. The average molecular weight is 237 g/mol. The predicted molar refractivity (Wildman–Crippen MR) is 54.6 cm³/mol. The van der Waals surface area contributed by atoms with Crippen molar-refractivity contribution in [1.82, 2.24) is 0 Å². The van der Waals surface area contributed by atoms with E-state index < -0.39 is 0 Å². The van der Waals surface area contributed by atoms with E-state index in [0.29, 0.717) is 11.9 Å². The normalized spacial score (nSPS) is 14.3. The molecule has 0 aliphatic heterocycles. The third-order valence-electron chi connectivity index (χ3n) is 1.01. The summed E-state index contributed by atoms with van der Waals surface area (Å²) in [7, 11) is 0. The van der Waals surface area contributed by atoms with Crippen LogP contribution in [-0.4, -0.2) is 23.8 Å². The lowest BCUT2D eigenvalue weighted by Gasteiger charge is -2.25. The van der Waals surface area contributed by atoms with Gasteiger partial charge in [-0.1, -0.05) is 22.0 Å². The van der Waals surface area contributed by atoms with Crippen molar-refractivity contribution in [2.24, 2.45) is 0 Å². The van der Waals surface area contributed by atoms with E-state index in [4.69, 9.17) is 9.47 Å². The second-order valence-electron chi connectivity index (χ2n) is 3.44. The van der Waals surface area contributed by atoms with Crippen LogP contribution >= 0.6 is 15.9 Å². The van der Waals surface area contributed by atoms with Crippen LogP contribution < -0.4 is 0 Å². The molecule has 0 rings (SSSR count). The van der Waals surface area contributed by atoms with Gasteiger partial charge in [-0.3, -0.25) is 0 Å². The standard InChI is InChI=1S/C9H17BrO2/c1-5-6-11-8(7-10)12-9(2,3)4/h5,8H,1,6-7H2,2-4H3. The smallest absolute Gasteiger partial charge is 0.168 e. The molecule has 0 bridgehead atoms. The molecule has 0 aromatic carbocycles. The van der Waals surface area contributed by atoms with Gasteiger partial charge in [-0.25, -0.2) is 0 Å². The first-order chi connectivity index (χ1) is 5.49. The maximum atomic E-state index is 5.57. The molecule has 0 heterocycles. The Morgan fingerprint density at radius 2 is 2.08 bits per heavy atom. The van der Waals surface area contributed by atoms with Crippen molar-refractivity contribution in [3.8, 4) is 0 Å². The van der Waals surface area contributed by atoms with Crippen molar-refractivity contribution >= 4 is 15.9 Å². The summed E-state index contributed by atoms with van der Waals surface area (Å²) in [4.78, 5) is 0. The van der Waals surface area contributed by atoms with E-state index in [-0.39, 0.29) is 11.9 Å². The van der Waals surface area contributed by atoms with Crippen molar-refractivity contribution in [3.63, 3.8) is 0 Å². The number of ether oxygens (including phenoxy) is 2. The molecule has 0 spiro atoms. The average Bonchev–Trinajstić information content (AvgIpc) is 1.95. The highest BCUT2D eigenvalue weighted by atomic mass is 79.9. The fraction of sp³-hybridized carbons (Fsp3) is 0.778. The number of hydrogen-bond acceptors (Lipinski definition) is 2. The summed E-state index contributed by atoms with van der Waals surface area (Å²) in [5, 5.41) is 0.679. The molecule has 0 amide bonds. The van der Waals surface area contributed by atoms with Crippen LogP contribution in [0.5, 0.6) is 0 Å². The molecule has 0 fully saturated rings. The molecule has 0 saturated heterocycles. The van der Waals surface area contributed by atoms with Gasteiger partial charge in [0.2, 0.25) is 0 Å². The summed E-state index contributed by atoms with van der Waals surface area (Å²) in [6, 6.07) is 0. The molecular weight excluding hydrogens is 220 g/mol. The fourth-order valence-corrected chi connectivity index (χ4v) is 0.999. The summed E-state index contributed by atoms with van der Waals surface area (Å²) in [6.07, 6.45) is 1.52. The molecule has 0 radical (unpaired) electrons. The van der Waals surface area contributed by atoms with Crippen molar-refractivity contribution in [2.75, 3.05) is 11.9 Å². The van der Waals surface area contributed by atoms with Crippen LogP contribution in [0.25, 0.3) is 0 Å². The highest BCUT2D eigenvalue weighted by Crippen LogP contribution is 2.13. The van der Waals surface area contributed by atoms with Gasteiger partial charge in [0, 0.05) is 0 Å². The van der Waals surface area contributed by atoms with Gasteiger partial charge in [0.15, 0.2) is 6.29 Å². The lowest BCUT2D eigenvalue weighted by atomic mass is 10.2. The number of rotatable bonds is 5. The molecule has 0 aliphatic carbocycles. The SMILES string of the molecule is C=CCOC(CBr)OC(C)(C)C. The van der Waals surface area contributed by atoms with Gasteiger partial charge >= 0.3 is 0 Å². The van der Waals surface area contributed by atoms with E-state index in [0.717, 1.165) is 0 Å². The van der Waals surface area contributed by atoms with Crippen molar-refractivity contribution in [3.05, 3.63) is 12.7 Å². The Balaban J connectivity index is 3.74. The third kappa shape index (κ3) is 6.83. The van der Waals surface area contributed by atoms with E-state index in [1.165, 1.54) is 0 Å². The largest absolute Gasteiger partial charge is 0.348 e. The zero-order chi connectivity index (χ0) is 9.61. The van der Waals surface area contributed by atoms with Crippen molar-refractivity contribution in [2.45, 2.75) is 32.7 Å². The highest BCUT2D eigenvalue weighted by molar-refractivity contribution is 9.09. The molecule has 0 aliphatic rings. The Bertz CT molecular complexity index is 129. The minimum atomic E-state index is -0.192. The van der Waals surface area contributed by atoms with Crippen molar-refractivity contribution in [1.29, 1.82) is 0 Å². The second kappa shape index (κ2) is 5.73. The maximum absolute atomic E-state index is 5.57. The Labute approximate surface area is 83.1 Å². The molecule has 1 atom stereocenters. The molecule has 0 N–H and O–H groups in total. The fourth-order valence-electron chi connectivity index (χ4n) is 0.680. The summed E-state index contributed by atoms with van der Waals surface area (Å²) in [5.41, 5.74) is -0.167. The van der Waals surface area contributed by atoms with E-state index in [2.05, 4.69) is 22.5 Å². The Morgan fingerprint density at radius 3 is 2.42 bits per heavy atom. The molecule has 3 heteroatoms. The first-order valence-corrected chi connectivity index (χ1v) is 5.08. The lowest BCUT2D eigenvalue weighted by molar-refractivity contribution is -0.176. The van der Waals surface area contributed by atoms with Crippen LogP contribution in [-0.2, 0) is 9.47 Å². The van der Waals surface area contributed by atoms with Crippen LogP contribution in [0.3, 0.4) is 0 Å². The van der Waals surface area contributed by atoms with E-state index in [1.807, 2.05) is 20.8 Å². The zero-order valence-corrected chi connectivity index (χ0v) is 9.56. The van der Waals surface area contributed by atoms with Gasteiger partial charge in [-0.2, -0.15) is 0 Å². The summed E-state index contributed by atoms with van der Waals surface area (Å²) in [6.45, 7) is 10.1. The third-order valence-corrected chi connectivity index (χ3v) is 1.54. The number of hydrogen-bond donors (Lipinski definition) is 0. The van der Waals surface area contributed by atoms with Crippen molar-refractivity contribution < 1.29 is 9.47 Å². The molecule has 72 valence electrons. The van der Waals surface area contributed by atoms with Gasteiger partial charge < -0.3 is 9.47 Å². The Hall–Kier alpha value is 0.140. The molecule has 2 nitrogen and oxygen atoms in total.